The Morgan fingerprint density at radius 1 is 0.714 bits per heavy atom. The van der Waals surface area contributed by atoms with Crippen molar-refractivity contribution in [2.45, 2.75) is 0 Å². The normalized spacial score (nSPS) is 11.0. The molecule has 28 heavy (non-hydrogen) atoms. The zero-order valence-electron chi connectivity index (χ0n) is 14.7. The highest BCUT2D eigenvalue weighted by atomic mass is 19.1. The molecule has 0 fully saturated rings. The number of nitrogens with zero attached hydrogens (tertiary/aromatic N) is 5. The maximum Gasteiger partial charge on any atom is 0.160 e. The van der Waals surface area contributed by atoms with Gasteiger partial charge in [0.25, 0.3) is 0 Å². The van der Waals surface area contributed by atoms with E-state index >= 15 is 0 Å². The summed E-state index contributed by atoms with van der Waals surface area (Å²) in [7, 11) is 0. The van der Waals surface area contributed by atoms with E-state index in [4.69, 9.17) is 5.10 Å². The van der Waals surface area contributed by atoms with Crippen molar-refractivity contribution in [3.05, 3.63) is 91.4 Å². The molecule has 0 spiro atoms. The van der Waals surface area contributed by atoms with Crippen molar-refractivity contribution in [3.8, 4) is 33.8 Å². The molecule has 0 unspecified atom stereocenters. The Morgan fingerprint density at radius 3 is 2.18 bits per heavy atom. The molecule has 5 nitrogen and oxygen atoms in total. The average molecular weight is 367 g/mol. The summed E-state index contributed by atoms with van der Waals surface area (Å²) in [6, 6.07) is 16.0. The van der Waals surface area contributed by atoms with Crippen LogP contribution in [0.3, 0.4) is 0 Å². The Morgan fingerprint density at radius 2 is 1.43 bits per heavy atom. The largest absolute Gasteiger partial charge is 0.265 e. The lowest BCUT2D eigenvalue weighted by molar-refractivity contribution is 0.628. The molecule has 0 saturated carbocycles. The van der Waals surface area contributed by atoms with Crippen LogP contribution in [0, 0.1) is 5.82 Å². The van der Waals surface area contributed by atoms with Crippen LogP contribution in [0.5, 0.6) is 0 Å². The Hall–Kier alpha value is -3.93. The topological polar surface area (TPSA) is 56.0 Å². The first-order valence-corrected chi connectivity index (χ1v) is 8.76. The molecule has 0 atom stereocenters. The molecule has 4 heterocycles. The second-order valence-corrected chi connectivity index (χ2v) is 6.29. The monoisotopic (exact) mass is 367 g/mol. The molecule has 0 saturated heterocycles. The van der Waals surface area contributed by atoms with E-state index in [-0.39, 0.29) is 5.82 Å². The Balaban J connectivity index is 1.76. The number of fused-ring (bicyclic) bond motifs is 1. The number of aromatic nitrogens is 5. The number of halogens is 1. The first kappa shape index (κ1) is 16.3. The van der Waals surface area contributed by atoms with E-state index in [2.05, 4.69) is 15.0 Å². The van der Waals surface area contributed by atoms with Gasteiger partial charge >= 0.3 is 0 Å². The molecule has 0 amide bonds. The van der Waals surface area contributed by atoms with E-state index < -0.39 is 0 Å². The van der Waals surface area contributed by atoms with Gasteiger partial charge in [-0.2, -0.15) is 5.10 Å². The maximum atomic E-state index is 13.4. The fourth-order valence-electron chi connectivity index (χ4n) is 3.24. The minimum absolute atomic E-state index is 0.276. The van der Waals surface area contributed by atoms with Crippen LogP contribution in [0.1, 0.15) is 0 Å². The van der Waals surface area contributed by atoms with Crippen molar-refractivity contribution >= 4 is 5.52 Å². The van der Waals surface area contributed by atoms with Crippen molar-refractivity contribution in [2.24, 2.45) is 0 Å². The lowest BCUT2D eigenvalue weighted by Crippen LogP contribution is -1.92. The zero-order chi connectivity index (χ0) is 18.9. The SMILES string of the molecule is Fc1ccc(-c2nn3cc(-c4ncccn4)ccc3c2-c2ccncc2)cc1. The molecule has 134 valence electrons. The Kier molecular flexibility index (Phi) is 3.87. The van der Waals surface area contributed by atoms with Gasteiger partial charge in [-0.1, -0.05) is 0 Å². The van der Waals surface area contributed by atoms with Gasteiger partial charge in [-0.3, -0.25) is 4.98 Å². The van der Waals surface area contributed by atoms with Crippen LogP contribution in [0.15, 0.2) is 85.6 Å². The number of rotatable bonds is 3. The van der Waals surface area contributed by atoms with Crippen LogP contribution < -0.4 is 0 Å². The smallest absolute Gasteiger partial charge is 0.160 e. The summed E-state index contributed by atoms with van der Waals surface area (Å²) in [6.45, 7) is 0. The fraction of sp³-hybridized carbons (Fsp3) is 0. The molecule has 0 aliphatic heterocycles. The second-order valence-electron chi connectivity index (χ2n) is 6.29. The highest BCUT2D eigenvalue weighted by Gasteiger charge is 2.17. The van der Waals surface area contributed by atoms with Gasteiger partial charge in [0.1, 0.15) is 11.5 Å². The molecule has 4 aromatic heterocycles. The lowest BCUT2D eigenvalue weighted by Gasteiger charge is -2.04. The number of hydrogen-bond acceptors (Lipinski definition) is 4. The molecule has 1 aromatic carbocycles. The molecule has 0 N–H and O–H groups in total. The molecule has 0 bridgehead atoms. The third-order valence-electron chi connectivity index (χ3n) is 4.54. The van der Waals surface area contributed by atoms with Crippen molar-refractivity contribution in [2.75, 3.05) is 0 Å². The van der Waals surface area contributed by atoms with Crippen molar-refractivity contribution in [1.29, 1.82) is 0 Å². The molecule has 5 aromatic rings. The first-order chi connectivity index (χ1) is 13.8. The van der Waals surface area contributed by atoms with Crippen LogP contribution in [-0.2, 0) is 0 Å². The summed E-state index contributed by atoms with van der Waals surface area (Å²) in [4.78, 5) is 12.7. The Labute approximate surface area is 160 Å². The highest BCUT2D eigenvalue weighted by Crippen LogP contribution is 2.35. The van der Waals surface area contributed by atoms with Crippen molar-refractivity contribution in [1.82, 2.24) is 24.6 Å². The first-order valence-electron chi connectivity index (χ1n) is 8.76. The summed E-state index contributed by atoms with van der Waals surface area (Å²) in [5, 5.41) is 4.79. The molecule has 0 aliphatic rings. The molecular formula is C22H14FN5. The fourth-order valence-corrected chi connectivity index (χ4v) is 3.24. The minimum atomic E-state index is -0.276. The molecule has 0 aliphatic carbocycles. The van der Waals surface area contributed by atoms with Crippen LogP contribution in [0.4, 0.5) is 4.39 Å². The van der Waals surface area contributed by atoms with Crippen LogP contribution in [0.2, 0.25) is 0 Å². The van der Waals surface area contributed by atoms with E-state index in [1.807, 2.05) is 35.0 Å². The van der Waals surface area contributed by atoms with E-state index in [1.165, 1.54) is 12.1 Å². The van der Waals surface area contributed by atoms with E-state index in [9.17, 15) is 4.39 Å². The molecular weight excluding hydrogens is 353 g/mol. The van der Waals surface area contributed by atoms with Gasteiger partial charge in [-0.05, 0) is 60.2 Å². The average Bonchev–Trinajstić information content (AvgIpc) is 3.14. The standard InChI is InChI=1S/C22H14FN5/c23-18-5-2-16(3-6-18)21-20(15-8-12-24-13-9-15)19-7-4-17(14-28(19)27-21)22-25-10-1-11-26-22/h1-14H. The quantitative estimate of drug-likeness (QED) is 0.465. The third-order valence-corrected chi connectivity index (χ3v) is 4.54. The van der Waals surface area contributed by atoms with Gasteiger partial charge < -0.3 is 0 Å². The second kappa shape index (κ2) is 6.66. The Bertz CT molecular complexity index is 1250. The molecule has 5 rings (SSSR count). The summed E-state index contributed by atoms with van der Waals surface area (Å²) in [6.07, 6.45) is 8.82. The number of hydrogen-bond donors (Lipinski definition) is 0. The minimum Gasteiger partial charge on any atom is -0.265 e. The summed E-state index contributed by atoms with van der Waals surface area (Å²) in [5.41, 5.74) is 5.38. The van der Waals surface area contributed by atoms with Crippen molar-refractivity contribution in [3.63, 3.8) is 0 Å². The van der Waals surface area contributed by atoms with Gasteiger partial charge in [0.15, 0.2) is 5.82 Å². The van der Waals surface area contributed by atoms with E-state index in [0.29, 0.717) is 5.82 Å². The summed E-state index contributed by atoms with van der Waals surface area (Å²) in [5.74, 6) is 0.357. The predicted octanol–water partition coefficient (Wildman–Crippen LogP) is 4.66. The number of pyridine rings is 2. The van der Waals surface area contributed by atoms with Crippen molar-refractivity contribution < 1.29 is 4.39 Å². The summed E-state index contributed by atoms with van der Waals surface area (Å²) < 4.78 is 15.2. The summed E-state index contributed by atoms with van der Waals surface area (Å²) >= 11 is 0. The van der Waals surface area contributed by atoms with Gasteiger partial charge in [0.2, 0.25) is 0 Å². The third kappa shape index (κ3) is 2.81. The predicted molar refractivity (Wildman–Crippen MR) is 105 cm³/mol. The van der Waals surface area contributed by atoms with Crippen LogP contribution in [-0.4, -0.2) is 24.6 Å². The van der Waals surface area contributed by atoms with Gasteiger partial charge in [-0.15, -0.1) is 0 Å². The van der Waals surface area contributed by atoms with Gasteiger partial charge in [0.05, 0.1) is 5.52 Å². The lowest BCUT2D eigenvalue weighted by atomic mass is 10.0. The van der Waals surface area contributed by atoms with E-state index in [1.54, 1.807) is 43.0 Å². The maximum absolute atomic E-state index is 13.4. The van der Waals surface area contributed by atoms with Gasteiger partial charge in [0, 0.05) is 47.7 Å². The number of benzene rings is 1. The van der Waals surface area contributed by atoms with Gasteiger partial charge in [-0.25, -0.2) is 18.9 Å². The van der Waals surface area contributed by atoms with Crippen LogP contribution in [0.25, 0.3) is 39.3 Å². The van der Waals surface area contributed by atoms with E-state index in [0.717, 1.165) is 33.5 Å². The molecule has 0 radical (unpaired) electrons. The zero-order valence-corrected chi connectivity index (χ0v) is 14.7. The molecule has 6 heteroatoms. The highest BCUT2D eigenvalue weighted by molar-refractivity contribution is 5.92. The van der Waals surface area contributed by atoms with Crippen LogP contribution >= 0.6 is 0 Å².